The van der Waals surface area contributed by atoms with Crippen LogP contribution in [0.4, 0.5) is 11.5 Å². The van der Waals surface area contributed by atoms with Gasteiger partial charge in [-0.2, -0.15) is 0 Å². The fourth-order valence-corrected chi connectivity index (χ4v) is 3.57. The van der Waals surface area contributed by atoms with Gasteiger partial charge in [-0.1, -0.05) is 24.3 Å². The van der Waals surface area contributed by atoms with Gasteiger partial charge < -0.3 is 10.6 Å². The molecule has 0 unspecified atom stereocenters. The molecule has 0 bridgehead atoms. The number of anilines is 2. The number of pyridine rings is 1. The normalized spacial score (nSPS) is 16.5. The molecule has 1 aliphatic carbocycles. The smallest absolute Gasteiger partial charge is 0.131 e. The molecule has 0 spiro atoms. The summed E-state index contributed by atoms with van der Waals surface area (Å²) >= 11 is 0. The zero-order valence-electron chi connectivity index (χ0n) is 12.7. The monoisotopic (exact) mass is 315 g/mol. The predicted molar refractivity (Wildman–Crippen MR) is 93.7 cm³/mol. The molecule has 2 N–H and O–H groups in total. The van der Waals surface area contributed by atoms with Crippen LogP contribution < -0.4 is 10.6 Å². The Kier molecular flexibility index (Phi) is 4.25. The third-order valence-corrected chi connectivity index (χ3v) is 4.78. The Balaban J connectivity index is 0.00000144. The lowest BCUT2D eigenvalue weighted by Crippen LogP contribution is -2.31. The first-order valence-electron chi connectivity index (χ1n) is 7.91. The number of halogens is 1. The molecule has 1 aromatic carbocycles. The molecule has 2 aliphatic rings. The molecule has 116 valence electrons. The number of nitrogen functional groups attached to an aromatic ring is 1. The highest BCUT2D eigenvalue weighted by atomic mass is 35.5. The van der Waals surface area contributed by atoms with Crippen LogP contribution >= 0.6 is 12.4 Å². The van der Waals surface area contributed by atoms with Crippen LogP contribution in [0.2, 0.25) is 0 Å². The van der Waals surface area contributed by atoms with Crippen molar-refractivity contribution in [2.24, 2.45) is 0 Å². The van der Waals surface area contributed by atoms with Crippen molar-refractivity contribution >= 4 is 23.9 Å². The molecule has 4 heteroatoms. The minimum atomic E-state index is 0. The SMILES string of the molecule is Cl.Nc1cc(N2CCc3ccccc3C2)nc2c1CCCC2. The van der Waals surface area contributed by atoms with E-state index in [1.807, 2.05) is 0 Å². The Morgan fingerprint density at radius 3 is 2.64 bits per heavy atom. The summed E-state index contributed by atoms with van der Waals surface area (Å²) in [6, 6.07) is 10.8. The summed E-state index contributed by atoms with van der Waals surface area (Å²) in [5, 5.41) is 0. The van der Waals surface area contributed by atoms with Crippen LogP contribution in [0.1, 0.15) is 35.2 Å². The van der Waals surface area contributed by atoms with E-state index in [0.29, 0.717) is 0 Å². The summed E-state index contributed by atoms with van der Waals surface area (Å²) in [6.07, 6.45) is 5.75. The van der Waals surface area contributed by atoms with E-state index in [2.05, 4.69) is 35.2 Å². The van der Waals surface area contributed by atoms with Gasteiger partial charge in [0.25, 0.3) is 0 Å². The van der Waals surface area contributed by atoms with Crippen LogP contribution in [-0.2, 0) is 25.8 Å². The molecule has 0 atom stereocenters. The summed E-state index contributed by atoms with van der Waals surface area (Å²) in [6.45, 7) is 1.98. The van der Waals surface area contributed by atoms with E-state index in [0.717, 1.165) is 43.9 Å². The Bertz CT molecular complexity index is 684. The lowest BCUT2D eigenvalue weighted by atomic mass is 9.94. The van der Waals surface area contributed by atoms with Crippen molar-refractivity contribution in [2.45, 2.75) is 38.6 Å². The highest BCUT2D eigenvalue weighted by Gasteiger charge is 2.20. The fraction of sp³-hybridized carbons (Fsp3) is 0.389. The Hall–Kier alpha value is -1.74. The third-order valence-electron chi connectivity index (χ3n) is 4.78. The Morgan fingerprint density at radius 1 is 1.00 bits per heavy atom. The topological polar surface area (TPSA) is 42.1 Å². The van der Waals surface area contributed by atoms with Gasteiger partial charge in [-0.25, -0.2) is 4.98 Å². The van der Waals surface area contributed by atoms with E-state index in [1.165, 1.54) is 35.2 Å². The number of fused-ring (bicyclic) bond motifs is 2. The van der Waals surface area contributed by atoms with Gasteiger partial charge in [0, 0.05) is 30.5 Å². The molecule has 2 heterocycles. The average Bonchev–Trinajstić information content (AvgIpc) is 2.54. The number of nitrogens with two attached hydrogens (primary N) is 1. The van der Waals surface area contributed by atoms with Crippen molar-refractivity contribution in [1.29, 1.82) is 0 Å². The van der Waals surface area contributed by atoms with E-state index >= 15 is 0 Å². The molecule has 4 rings (SSSR count). The van der Waals surface area contributed by atoms with Crippen molar-refractivity contribution in [3.8, 4) is 0 Å². The number of hydrogen-bond acceptors (Lipinski definition) is 3. The largest absolute Gasteiger partial charge is 0.398 e. The van der Waals surface area contributed by atoms with Gasteiger partial charge in [0.2, 0.25) is 0 Å². The number of benzene rings is 1. The van der Waals surface area contributed by atoms with Crippen LogP contribution in [0.5, 0.6) is 0 Å². The van der Waals surface area contributed by atoms with E-state index in [-0.39, 0.29) is 12.4 Å². The summed E-state index contributed by atoms with van der Waals surface area (Å²) in [5.74, 6) is 1.06. The van der Waals surface area contributed by atoms with Crippen LogP contribution in [0.3, 0.4) is 0 Å². The van der Waals surface area contributed by atoms with Gasteiger partial charge in [-0.3, -0.25) is 0 Å². The molecule has 0 saturated carbocycles. The molecule has 3 nitrogen and oxygen atoms in total. The van der Waals surface area contributed by atoms with E-state index in [1.54, 1.807) is 0 Å². The van der Waals surface area contributed by atoms with Crippen molar-refractivity contribution in [2.75, 3.05) is 17.2 Å². The second-order valence-electron chi connectivity index (χ2n) is 6.14. The maximum Gasteiger partial charge on any atom is 0.131 e. The Morgan fingerprint density at radius 2 is 1.77 bits per heavy atom. The molecule has 0 radical (unpaired) electrons. The molecule has 1 aliphatic heterocycles. The summed E-state index contributed by atoms with van der Waals surface area (Å²) in [4.78, 5) is 7.29. The molecule has 22 heavy (non-hydrogen) atoms. The maximum atomic E-state index is 6.28. The number of rotatable bonds is 1. The van der Waals surface area contributed by atoms with Crippen molar-refractivity contribution < 1.29 is 0 Å². The van der Waals surface area contributed by atoms with E-state index in [4.69, 9.17) is 10.7 Å². The minimum Gasteiger partial charge on any atom is -0.398 e. The van der Waals surface area contributed by atoms with Gasteiger partial charge in [0.05, 0.1) is 0 Å². The highest BCUT2D eigenvalue weighted by molar-refractivity contribution is 5.85. The summed E-state index contributed by atoms with van der Waals surface area (Å²) in [7, 11) is 0. The quantitative estimate of drug-likeness (QED) is 0.875. The van der Waals surface area contributed by atoms with Gasteiger partial charge >= 0.3 is 0 Å². The zero-order chi connectivity index (χ0) is 14.2. The first kappa shape index (κ1) is 15.2. The van der Waals surface area contributed by atoms with Crippen LogP contribution in [-0.4, -0.2) is 11.5 Å². The summed E-state index contributed by atoms with van der Waals surface area (Å²) in [5.41, 5.74) is 12.6. The number of aryl methyl sites for hydroxylation is 1. The van der Waals surface area contributed by atoms with Crippen LogP contribution in [0, 0.1) is 0 Å². The molecule has 1 aromatic heterocycles. The zero-order valence-corrected chi connectivity index (χ0v) is 13.5. The number of nitrogens with zero attached hydrogens (tertiary/aromatic N) is 2. The van der Waals surface area contributed by atoms with Crippen molar-refractivity contribution in [3.63, 3.8) is 0 Å². The van der Waals surface area contributed by atoms with Gasteiger partial charge in [-0.05, 0) is 48.8 Å². The van der Waals surface area contributed by atoms with Crippen LogP contribution in [0.15, 0.2) is 30.3 Å². The number of hydrogen-bond donors (Lipinski definition) is 1. The molecular weight excluding hydrogens is 294 g/mol. The Labute approximate surface area is 138 Å². The van der Waals surface area contributed by atoms with Gasteiger partial charge in [0.15, 0.2) is 0 Å². The summed E-state index contributed by atoms with van der Waals surface area (Å²) < 4.78 is 0. The van der Waals surface area contributed by atoms with Crippen molar-refractivity contribution in [3.05, 3.63) is 52.7 Å². The van der Waals surface area contributed by atoms with Gasteiger partial charge in [0.1, 0.15) is 5.82 Å². The average molecular weight is 316 g/mol. The van der Waals surface area contributed by atoms with E-state index in [9.17, 15) is 0 Å². The van der Waals surface area contributed by atoms with E-state index < -0.39 is 0 Å². The molecular formula is C18H22ClN3. The second-order valence-corrected chi connectivity index (χ2v) is 6.14. The first-order chi connectivity index (χ1) is 10.3. The lowest BCUT2D eigenvalue weighted by molar-refractivity contribution is 0.661. The molecule has 0 fully saturated rings. The minimum absolute atomic E-state index is 0. The standard InChI is InChI=1S/C18H21N3.ClH/c19-16-11-18(20-17-8-4-3-7-15(16)17)21-10-9-13-5-1-2-6-14(13)12-21;/h1-2,5-6,11H,3-4,7-10,12H2,(H2,19,20);1H. The fourth-order valence-electron chi connectivity index (χ4n) is 3.57. The first-order valence-corrected chi connectivity index (χ1v) is 7.91. The lowest BCUT2D eigenvalue weighted by Gasteiger charge is -2.31. The maximum absolute atomic E-state index is 6.28. The number of aromatic nitrogens is 1. The predicted octanol–water partition coefficient (Wildman–Crippen LogP) is 3.53. The highest BCUT2D eigenvalue weighted by Crippen LogP contribution is 2.30. The van der Waals surface area contributed by atoms with Crippen LogP contribution in [0.25, 0.3) is 0 Å². The van der Waals surface area contributed by atoms with Crippen molar-refractivity contribution in [1.82, 2.24) is 4.98 Å². The second kappa shape index (κ2) is 6.17. The molecule has 0 amide bonds. The molecule has 2 aromatic rings. The van der Waals surface area contributed by atoms with Gasteiger partial charge in [-0.15, -0.1) is 12.4 Å². The third kappa shape index (κ3) is 2.66. The molecule has 0 saturated heterocycles.